The lowest BCUT2D eigenvalue weighted by Crippen LogP contribution is -2.42. The molecule has 0 bridgehead atoms. The molecule has 0 spiro atoms. The lowest BCUT2D eigenvalue weighted by atomic mass is 9.98. The van der Waals surface area contributed by atoms with Gasteiger partial charge in [0, 0.05) is 11.1 Å². The molecule has 0 saturated carbocycles. The smallest absolute Gasteiger partial charge is 0.271 e. The normalized spacial score (nSPS) is 10.1. The van der Waals surface area contributed by atoms with Gasteiger partial charge in [-0.25, -0.2) is 0 Å². The van der Waals surface area contributed by atoms with Crippen LogP contribution in [0, 0.1) is 0 Å². The molecule has 0 aliphatic rings. The van der Waals surface area contributed by atoms with Crippen molar-refractivity contribution in [2.45, 2.75) is 0 Å². The van der Waals surface area contributed by atoms with Crippen LogP contribution in [0.25, 0.3) is 0 Å². The second-order valence-electron chi connectivity index (χ2n) is 5.63. The van der Waals surface area contributed by atoms with Crippen molar-refractivity contribution in [3.63, 3.8) is 0 Å². The highest BCUT2D eigenvalue weighted by atomic mass is 35.5. The molecule has 0 heterocycles. The molecule has 0 saturated heterocycles. The maximum Gasteiger partial charge on any atom is 0.271 e. The number of ketones is 1. The van der Waals surface area contributed by atoms with Crippen LogP contribution in [0.2, 0.25) is 5.02 Å². The minimum Gasteiger partial charge on any atom is -0.289 e. The molecule has 6 heteroatoms. The molecule has 134 valence electrons. The van der Waals surface area contributed by atoms with Gasteiger partial charge in [0.15, 0.2) is 5.78 Å². The summed E-state index contributed by atoms with van der Waals surface area (Å²) in [6.45, 7) is 0. The quantitative estimate of drug-likeness (QED) is 0.537. The molecular weight excluding hydrogens is 364 g/mol. The third kappa shape index (κ3) is 4.22. The Balaban J connectivity index is 1.77. The van der Waals surface area contributed by atoms with Gasteiger partial charge >= 0.3 is 0 Å². The fourth-order valence-electron chi connectivity index (χ4n) is 2.52. The minimum atomic E-state index is -0.602. The van der Waals surface area contributed by atoms with Crippen LogP contribution in [0.1, 0.15) is 36.6 Å². The van der Waals surface area contributed by atoms with Crippen molar-refractivity contribution < 1.29 is 14.4 Å². The van der Waals surface area contributed by atoms with E-state index in [1.54, 1.807) is 66.7 Å². The Hall–Kier alpha value is -3.44. The van der Waals surface area contributed by atoms with Crippen molar-refractivity contribution in [1.29, 1.82) is 0 Å². The topological polar surface area (TPSA) is 75.3 Å². The van der Waals surface area contributed by atoms with Gasteiger partial charge in [0.05, 0.1) is 16.1 Å². The lowest BCUT2D eigenvalue weighted by Gasteiger charge is -2.11. The lowest BCUT2D eigenvalue weighted by molar-refractivity contribution is 0.0845. The summed E-state index contributed by atoms with van der Waals surface area (Å²) in [5, 5.41) is 0.268. The monoisotopic (exact) mass is 378 g/mol. The number of carbonyl (C=O) groups is 3. The van der Waals surface area contributed by atoms with E-state index in [1.807, 2.05) is 0 Å². The number of hydrogen-bond acceptors (Lipinski definition) is 3. The number of benzene rings is 3. The molecule has 2 N–H and O–H groups in total. The maximum atomic E-state index is 12.7. The molecule has 0 atom stereocenters. The van der Waals surface area contributed by atoms with Gasteiger partial charge in [0.2, 0.25) is 0 Å². The van der Waals surface area contributed by atoms with E-state index in [4.69, 9.17) is 11.6 Å². The first kappa shape index (κ1) is 18.4. The molecule has 5 nitrogen and oxygen atoms in total. The number of nitrogens with one attached hydrogen (secondary N) is 2. The standard InChI is InChI=1S/C21H15ClN2O3/c22-18-13-7-6-12-17(18)21(27)24-23-20(26)16-11-5-4-10-15(16)19(25)14-8-2-1-3-9-14/h1-13H,(H,23,26)(H,24,27). The number of hydrazine groups is 1. The molecule has 0 radical (unpaired) electrons. The first-order chi connectivity index (χ1) is 13.1. The minimum absolute atomic E-state index is 0.158. The van der Waals surface area contributed by atoms with Crippen molar-refractivity contribution >= 4 is 29.2 Å². The van der Waals surface area contributed by atoms with E-state index in [1.165, 1.54) is 12.1 Å². The summed E-state index contributed by atoms with van der Waals surface area (Å²) in [6, 6.07) is 21.5. The van der Waals surface area contributed by atoms with Gasteiger partial charge in [0.25, 0.3) is 11.8 Å². The Labute approximate surface area is 160 Å². The number of amides is 2. The highest BCUT2D eigenvalue weighted by molar-refractivity contribution is 6.33. The number of hydrogen-bond donors (Lipinski definition) is 2. The van der Waals surface area contributed by atoms with Crippen LogP contribution in [0.15, 0.2) is 78.9 Å². The molecule has 0 fully saturated rings. The van der Waals surface area contributed by atoms with Crippen LogP contribution < -0.4 is 10.9 Å². The Morgan fingerprint density at radius 3 is 1.70 bits per heavy atom. The summed E-state index contributed by atoms with van der Waals surface area (Å²) in [7, 11) is 0. The number of carbonyl (C=O) groups excluding carboxylic acids is 3. The van der Waals surface area contributed by atoms with Crippen LogP contribution in [0.4, 0.5) is 0 Å². The van der Waals surface area contributed by atoms with E-state index < -0.39 is 11.8 Å². The van der Waals surface area contributed by atoms with Gasteiger partial charge in [0.1, 0.15) is 0 Å². The summed E-state index contributed by atoms with van der Waals surface area (Å²) in [5.41, 5.74) is 5.73. The highest BCUT2D eigenvalue weighted by Crippen LogP contribution is 2.16. The Morgan fingerprint density at radius 2 is 1.07 bits per heavy atom. The van der Waals surface area contributed by atoms with Crippen LogP contribution >= 0.6 is 11.6 Å². The molecule has 2 amide bonds. The zero-order chi connectivity index (χ0) is 19.2. The molecule has 0 aliphatic heterocycles. The van der Waals surface area contributed by atoms with E-state index in [0.717, 1.165) is 0 Å². The predicted molar refractivity (Wildman–Crippen MR) is 103 cm³/mol. The summed E-state index contributed by atoms with van der Waals surface area (Å²) < 4.78 is 0. The molecule has 3 aromatic carbocycles. The SMILES string of the molecule is O=C(NNC(=O)c1ccccc1C(=O)c1ccccc1)c1ccccc1Cl. The largest absolute Gasteiger partial charge is 0.289 e. The predicted octanol–water partition coefficient (Wildman–Crippen LogP) is 3.65. The van der Waals surface area contributed by atoms with Crippen molar-refractivity contribution in [3.05, 3.63) is 106 Å². The summed E-state index contributed by atoms with van der Waals surface area (Å²) in [4.78, 5) is 37.4. The average molecular weight is 379 g/mol. The van der Waals surface area contributed by atoms with Gasteiger partial charge in [-0.3, -0.25) is 25.2 Å². The fourth-order valence-corrected chi connectivity index (χ4v) is 2.74. The Morgan fingerprint density at radius 1 is 0.593 bits per heavy atom. The van der Waals surface area contributed by atoms with E-state index in [9.17, 15) is 14.4 Å². The summed E-state index contributed by atoms with van der Waals surface area (Å²) >= 11 is 5.97. The van der Waals surface area contributed by atoms with Gasteiger partial charge in [-0.05, 0) is 18.2 Å². The molecular formula is C21H15ClN2O3. The van der Waals surface area contributed by atoms with Crippen LogP contribution in [-0.2, 0) is 0 Å². The Kier molecular flexibility index (Phi) is 5.64. The van der Waals surface area contributed by atoms with E-state index in [0.29, 0.717) is 5.56 Å². The van der Waals surface area contributed by atoms with Crippen LogP contribution in [-0.4, -0.2) is 17.6 Å². The summed E-state index contributed by atoms with van der Waals surface area (Å²) in [5.74, 6) is -1.44. The van der Waals surface area contributed by atoms with Gasteiger partial charge in [-0.15, -0.1) is 0 Å². The molecule has 3 aromatic rings. The first-order valence-electron chi connectivity index (χ1n) is 8.12. The van der Waals surface area contributed by atoms with Crippen LogP contribution in [0.3, 0.4) is 0 Å². The van der Waals surface area contributed by atoms with Crippen molar-refractivity contribution in [3.8, 4) is 0 Å². The van der Waals surface area contributed by atoms with E-state index in [2.05, 4.69) is 10.9 Å². The van der Waals surface area contributed by atoms with E-state index in [-0.39, 0.29) is 27.5 Å². The average Bonchev–Trinajstić information content (AvgIpc) is 2.72. The second kappa shape index (κ2) is 8.29. The van der Waals surface area contributed by atoms with Crippen molar-refractivity contribution in [2.24, 2.45) is 0 Å². The van der Waals surface area contributed by atoms with Crippen LogP contribution in [0.5, 0.6) is 0 Å². The molecule has 0 aromatic heterocycles. The third-order valence-corrected chi connectivity index (χ3v) is 4.19. The highest BCUT2D eigenvalue weighted by Gasteiger charge is 2.18. The van der Waals surface area contributed by atoms with E-state index >= 15 is 0 Å². The molecule has 0 aliphatic carbocycles. The third-order valence-electron chi connectivity index (χ3n) is 3.86. The van der Waals surface area contributed by atoms with Gasteiger partial charge < -0.3 is 0 Å². The zero-order valence-corrected chi connectivity index (χ0v) is 14.9. The zero-order valence-electron chi connectivity index (χ0n) is 14.1. The number of rotatable bonds is 4. The van der Waals surface area contributed by atoms with Gasteiger partial charge in [-0.2, -0.15) is 0 Å². The summed E-state index contributed by atoms with van der Waals surface area (Å²) in [6.07, 6.45) is 0. The maximum absolute atomic E-state index is 12.7. The Bertz CT molecular complexity index is 1000. The molecule has 0 unspecified atom stereocenters. The second-order valence-corrected chi connectivity index (χ2v) is 6.04. The van der Waals surface area contributed by atoms with Crippen molar-refractivity contribution in [2.75, 3.05) is 0 Å². The number of halogens is 1. The fraction of sp³-hybridized carbons (Fsp3) is 0. The molecule has 27 heavy (non-hydrogen) atoms. The van der Waals surface area contributed by atoms with Crippen molar-refractivity contribution in [1.82, 2.24) is 10.9 Å². The first-order valence-corrected chi connectivity index (χ1v) is 8.49. The molecule has 3 rings (SSSR count). The van der Waals surface area contributed by atoms with Gasteiger partial charge in [-0.1, -0.05) is 72.3 Å².